The van der Waals surface area contributed by atoms with E-state index >= 15 is 0 Å². The summed E-state index contributed by atoms with van der Waals surface area (Å²) in [5.41, 5.74) is 4.39. The third-order valence-electron chi connectivity index (χ3n) is 4.40. The third-order valence-corrected chi connectivity index (χ3v) is 6.32. The van der Waals surface area contributed by atoms with E-state index in [9.17, 15) is 9.59 Å². The van der Waals surface area contributed by atoms with Crippen LogP contribution in [0.3, 0.4) is 0 Å². The lowest BCUT2D eigenvalue weighted by molar-refractivity contribution is -0.114. The molecule has 27 heavy (non-hydrogen) atoms. The molecule has 4 rings (SSSR count). The van der Waals surface area contributed by atoms with Crippen LogP contribution in [0.25, 0.3) is 10.2 Å². The molecule has 7 heteroatoms. The number of anilines is 2. The van der Waals surface area contributed by atoms with Gasteiger partial charge < -0.3 is 10.6 Å². The maximum absolute atomic E-state index is 12.3. The zero-order valence-corrected chi connectivity index (χ0v) is 16.5. The van der Waals surface area contributed by atoms with Crippen LogP contribution in [0.15, 0.2) is 41.3 Å². The van der Waals surface area contributed by atoms with Gasteiger partial charge in [0.1, 0.15) is 0 Å². The van der Waals surface area contributed by atoms with E-state index in [4.69, 9.17) is 0 Å². The summed E-state index contributed by atoms with van der Waals surface area (Å²) >= 11 is 2.95. The zero-order chi connectivity index (χ0) is 18.8. The van der Waals surface area contributed by atoms with Gasteiger partial charge in [0.25, 0.3) is 0 Å². The molecular weight excluding hydrogens is 378 g/mol. The lowest BCUT2D eigenvalue weighted by Crippen LogP contribution is -2.13. The summed E-state index contributed by atoms with van der Waals surface area (Å²) in [5, 5.41) is 6.20. The maximum Gasteiger partial charge on any atom is 0.236 e. The number of hydrogen-bond acceptors (Lipinski definition) is 5. The summed E-state index contributed by atoms with van der Waals surface area (Å²) in [6, 6.07) is 12.0. The van der Waals surface area contributed by atoms with E-state index < -0.39 is 0 Å². The summed E-state index contributed by atoms with van der Waals surface area (Å²) < 4.78 is 0.919. The summed E-state index contributed by atoms with van der Waals surface area (Å²) in [4.78, 5) is 29.0. The van der Waals surface area contributed by atoms with Crippen molar-refractivity contribution in [2.24, 2.45) is 0 Å². The molecule has 1 aliphatic carbocycles. The van der Waals surface area contributed by atoms with Crippen molar-refractivity contribution >= 4 is 55.9 Å². The van der Waals surface area contributed by atoms with E-state index in [1.807, 2.05) is 12.1 Å². The molecule has 2 N–H and O–H groups in total. The third kappa shape index (κ3) is 4.31. The number of fused-ring (bicyclic) bond motifs is 2. The van der Waals surface area contributed by atoms with Gasteiger partial charge >= 0.3 is 0 Å². The Morgan fingerprint density at radius 3 is 2.81 bits per heavy atom. The van der Waals surface area contributed by atoms with E-state index in [1.165, 1.54) is 42.2 Å². The van der Waals surface area contributed by atoms with Crippen molar-refractivity contribution < 1.29 is 9.59 Å². The average molecular weight is 398 g/mol. The number of thiazole rings is 1. The van der Waals surface area contributed by atoms with Gasteiger partial charge in [-0.2, -0.15) is 0 Å². The highest BCUT2D eigenvalue weighted by Gasteiger charge is 2.13. The number of thioether (sulfide) groups is 1. The largest absolute Gasteiger partial charge is 0.326 e. The van der Waals surface area contributed by atoms with Crippen LogP contribution in [-0.4, -0.2) is 22.6 Å². The smallest absolute Gasteiger partial charge is 0.236 e. The number of carbonyl (C=O) groups excluding carboxylic acids is 2. The van der Waals surface area contributed by atoms with E-state index in [-0.39, 0.29) is 11.8 Å². The molecule has 1 aromatic heterocycles. The second-order valence-electron chi connectivity index (χ2n) is 6.50. The van der Waals surface area contributed by atoms with Gasteiger partial charge in [0, 0.05) is 17.5 Å². The van der Waals surface area contributed by atoms with E-state index in [1.54, 1.807) is 17.8 Å². The van der Waals surface area contributed by atoms with Crippen molar-refractivity contribution in [3.05, 3.63) is 47.5 Å². The van der Waals surface area contributed by atoms with Crippen LogP contribution in [0.1, 0.15) is 24.5 Å². The lowest BCUT2D eigenvalue weighted by Gasteiger charge is -2.05. The van der Waals surface area contributed by atoms with Gasteiger partial charge in [0.2, 0.25) is 11.8 Å². The minimum atomic E-state index is -0.115. The fourth-order valence-electron chi connectivity index (χ4n) is 3.20. The number of amides is 2. The number of carbonyl (C=O) groups is 2. The predicted molar refractivity (Wildman–Crippen MR) is 112 cm³/mol. The Hall–Kier alpha value is -2.38. The molecule has 1 aliphatic rings. The van der Waals surface area contributed by atoms with Gasteiger partial charge in [-0.3, -0.25) is 9.59 Å². The van der Waals surface area contributed by atoms with Crippen LogP contribution in [0.2, 0.25) is 0 Å². The lowest BCUT2D eigenvalue weighted by atomic mass is 10.1. The molecule has 0 fully saturated rings. The van der Waals surface area contributed by atoms with Crippen LogP contribution in [0.5, 0.6) is 0 Å². The van der Waals surface area contributed by atoms with Crippen LogP contribution < -0.4 is 10.6 Å². The van der Waals surface area contributed by atoms with Crippen LogP contribution >= 0.6 is 23.1 Å². The Morgan fingerprint density at radius 2 is 1.96 bits per heavy atom. The van der Waals surface area contributed by atoms with Crippen LogP contribution in [0, 0.1) is 0 Å². The molecule has 0 spiro atoms. The quantitative estimate of drug-likeness (QED) is 0.623. The summed E-state index contributed by atoms with van der Waals surface area (Å²) in [6.07, 6.45) is 3.54. The second kappa shape index (κ2) is 7.70. The highest BCUT2D eigenvalue weighted by molar-refractivity contribution is 8.00. The highest BCUT2D eigenvalue weighted by atomic mass is 32.2. The van der Waals surface area contributed by atoms with E-state index in [0.29, 0.717) is 10.9 Å². The fourth-order valence-corrected chi connectivity index (χ4v) is 4.88. The summed E-state index contributed by atoms with van der Waals surface area (Å²) in [7, 11) is 0. The Balaban J connectivity index is 1.38. The molecule has 2 amide bonds. The number of aryl methyl sites for hydroxylation is 2. The summed E-state index contributed by atoms with van der Waals surface area (Å²) in [5.74, 6) is 0.170. The molecular formula is C20H19N3O2S2. The Labute approximate surface area is 165 Å². The first-order valence-electron chi connectivity index (χ1n) is 8.79. The van der Waals surface area contributed by atoms with Gasteiger partial charge in [0.05, 0.1) is 16.0 Å². The Morgan fingerprint density at radius 1 is 1.11 bits per heavy atom. The fraction of sp³-hybridized carbons (Fsp3) is 0.250. The standard InChI is InChI=1S/C20H19N3O2S2/c1-12(24)21-15-6-8-17-18(10-15)27-20(22-17)23-19(25)11-26-16-7-5-13-3-2-4-14(13)9-16/h5-10H,2-4,11H2,1H3,(H,21,24)(H,22,23,25). The minimum Gasteiger partial charge on any atom is -0.326 e. The Bertz CT molecular complexity index is 1030. The first-order valence-corrected chi connectivity index (χ1v) is 10.6. The molecule has 0 bridgehead atoms. The first kappa shape index (κ1) is 18.0. The number of rotatable bonds is 5. The first-order chi connectivity index (χ1) is 13.1. The van der Waals surface area contributed by atoms with E-state index in [2.05, 4.69) is 33.8 Å². The molecule has 3 aromatic rings. The van der Waals surface area contributed by atoms with Crippen molar-refractivity contribution in [2.45, 2.75) is 31.1 Å². The van der Waals surface area contributed by atoms with Gasteiger partial charge in [0.15, 0.2) is 5.13 Å². The number of nitrogens with one attached hydrogen (secondary N) is 2. The monoisotopic (exact) mass is 397 g/mol. The molecule has 0 atom stereocenters. The molecule has 0 aliphatic heterocycles. The topological polar surface area (TPSA) is 71.1 Å². The van der Waals surface area contributed by atoms with Crippen molar-refractivity contribution in [3.8, 4) is 0 Å². The number of nitrogens with zero attached hydrogens (tertiary/aromatic N) is 1. The molecule has 5 nitrogen and oxygen atoms in total. The molecule has 0 unspecified atom stereocenters. The highest BCUT2D eigenvalue weighted by Crippen LogP contribution is 2.30. The van der Waals surface area contributed by atoms with Crippen molar-refractivity contribution in [2.75, 3.05) is 16.4 Å². The zero-order valence-electron chi connectivity index (χ0n) is 14.9. The van der Waals surface area contributed by atoms with Crippen molar-refractivity contribution in [1.82, 2.24) is 4.98 Å². The van der Waals surface area contributed by atoms with Crippen LogP contribution in [0.4, 0.5) is 10.8 Å². The van der Waals surface area contributed by atoms with Gasteiger partial charge in [-0.1, -0.05) is 17.4 Å². The summed E-state index contributed by atoms with van der Waals surface area (Å²) in [6.45, 7) is 1.47. The molecule has 0 saturated heterocycles. The SMILES string of the molecule is CC(=O)Nc1ccc2nc(NC(=O)CSc3ccc4c(c3)CCC4)sc2c1. The van der Waals surface area contributed by atoms with Gasteiger partial charge in [-0.25, -0.2) is 4.98 Å². The predicted octanol–water partition coefficient (Wildman–Crippen LogP) is 4.47. The molecule has 0 saturated carbocycles. The van der Waals surface area contributed by atoms with E-state index in [0.717, 1.165) is 27.2 Å². The van der Waals surface area contributed by atoms with Crippen LogP contribution in [-0.2, 0) is 22.4 Å². The van der Waals surface area contributed by atoms with Crippen molar-refractivity contribution in [3.63, 3.8) is 0 Å². The minimum absolute atomic E-state index is 0.0679. The molecule has 138 valence electrons. The average Bonchev–Trinajstić information content (AvgIpc) is 3.24. The maximum atomic E-state index is 12.3. The van der Waals surface area contributed by atoms with Crippen molar-refractivity contribution in [1.29, 1.82) is 0 Å². The number of aromatic nitrogens is 1. The molecule has 0 radical (unpaired) electrons. The number of hydrogen-bond donors (Lipinski definition) is 2. The molecule has 1 heterocycles. The second-order valence-corrected chi connectivity index (χ2v) is 8.58. The molecule has 2 aromatic carbocycles. The van der Waals surface area contributed by atoms with Gasteiger partial charge in [-0.05, 0) is 60.7 Å². The Kier molecular flexibility index (Phi) is 5.13. The normalized spacial score (nSPS) is 12.8. The number of benzene rings is 2. The van der Waals surface area contributed by atoms with Gasteiger partial charge in [-0.15, -0.1) is 11.8 Å².